The SMILES string of the molecule is O=C(O)/C(=C/c1cccc(OCc2cccc3ccccc23)c1)Sc1nc2ccccc2o1. The van der Waals surface area contributed by atoms with Gasteiger partial charge < -0.3 is 14.3 Å². The topological polar surface area (TPSA) is 72.6 Å². The van der Waals surface area contributed by atoms with Gasteiger partial charge in [0.25, 0.3) is 5.22 Å². The summed E-state index contributed by atoms with van der Waals surface area (Å²) in [5, 5.41) is 12.3. The van der Waals surface area contributed by atoms with Gasteiger partial charge in [-0.2, -0.15) is 0 Å². The Morgan fingerprint density at radius 1 is 0.970 bits per heavy atom. The number of hydrogen-bond acceptors (Lipinski definition) is 5. The Kier molecular flexibility index (Phi) is 5.83. The van der Waals surface area contributed by atoms with E-state index in [4.69, 9.17) is 9.15 Å². The van der Waals surface area contributed by atoms with E-state index in [0.717, 1.165) is 28.1 Å². The first-order valence-corrected chi connectivity index (χ1v) is 11.2. The number of oxazole rings is 1. The summed E-state index contributed by atoms with van der Waals surface area (Å²) in [5.74, 6) is -0.391. The summed E-state index contributed by atoms with van der Waals surface area (Å²) in [6.45, 7) is 0.415. The molecule has 0 fully saturated rings. The summed E-state index contributed by atoms with van der Waals surface area (Å²) < 4.78 is 11.7. The van der Waals surface area contributed by atoms with E-state index in [0.29, 0.717) is 29.0 Å². The van der Waals surface area contributed by atoms with E-state index in [9.17, 15) is 9.90 Å². The normalized spacial score (nSPS) is 11.7. The summed E-state index contributed by atoms with van der Waals surface area (Å²) in [5.41, 5.74) is 3.11. The lowest BCUT2D eigenvalue weighted by Crippen LogP contribution is -1.98. The highest BCUT2D eigenvalue weighted by molar-refractivity contribution is 8.03. The van der Waals surface area contributed by atoms with Gasteiger partial charge in [0.1, 0.15) is 22.8 Å². The molecule has 5 aromatic rings. The number of benzene rings is 4. The Hall–Kier alpha value is -4.03. The Labute approximate surface area is 194 Å². The number of aliphatic carboxylic acids is 1. The molecule has 6 heteroatoms. The molecule has 33 heavy (non-hydrogen) atoms. The van der Waals surface area contributed by atoms with Crippen LogP contribution in [0.5, 0.6) is 5.75 Å². The first-order chi connectivity index (χ1) is 16.2. The standard InChI is InChI=1S/C27H19NO4S/c29-26(30)25(33-27-28-23-13-3-4-14-24(23)32-27)16-18-7-5-11-21(15-18)31-17-20-10-6-9-19-8-1-2-12-22(19)20/h1-16H,17H2,(H,29,30)/b25-16-. The van der Waals surface area contributed by atoms with Crippen LogP contribution in [0.15, 0.2) is 106 Å². The van der Waals surface area contributed by atoms with E-state index in [1.807, 2.05) is 66.7 Å². The second kappa shape index (κ2) is 9.22. The highest BCUT2D eigenvalue weighted by Gasteiger charge is 2.15. The molecule has 0 saturated heterocycles. The molecular formula is C27H19NO4S. The molecule has 0 radical (unpaired) electrons. The second-order valence-electron chi connectivity index (χ2n) is 7.36. The van der Waals surface area contributed by atoms with Crippen molar-refractivity contribution in [2.24, 2.45) is 0 Å². The van der Waals surface area contributed by atoms with E-state index in [2.05, 4.69) is 23.2 Å². The van der Waals surface area contributed by atoms with Crippen LogP contribution in [0.25, 0.3) is 27.9 Å². The summed E-state index contributed by atoms with van der Waals surface area (Å²) >= 11 is 0.978. The van der Waals surface area contributed by atoms with Gasteiger partial charge in [-0.15, -0.1) is 0 Å². The summed E-state index contributed by atoms with van der Waals surface area (Å²) in [7, 11) is 0. The Morgan fingerprint density at radius 2 is 1.76 bits per heavy atom. The van der Waals surface area contributed by atoms with Crippen LogP contribution in [-0.2, 0) is 11.4 Å². The van der Waals surface area contributed by atoms with E-state index in [-0.39, 0.29) is 10.1 Å². The van der Waals surface area contributed by atoms with Gasteiger partial charge in [-0.25, -0.2) is 9.78 Å². The number of para-hydroxylation sites is 2. The van der Waals surface area contributed by atoms with E-state index in [1.165, 1.54) is 0 Å². The zero-order valence-electron chi connectivity index (χ0n) is 17.5. The number of rotatable bonds is 7. The van der Waals surface area contributed by atoms with Gasteiger partial charge in [-0.3, -0.25) is 0 Å². The van der Waals surface area contributed by atoms with Crippen LogP contribution in [0.3, 0.4) is 0 Å². The highest BCUT2D eigenvalue weighted by Crippen LogP contribution is 2.31. The van der Waals surface area contributed by atoms with E-state index >= 15 is 0 Å². The number of fused-ring (bicyclic) bond motifs is 2. The maximum absolute atomic E-state index is 11.9. The third-order valence-electron chi connectivity index (χ3n) is 5.11. The van der Waals surface area contributed by atoms with Gasteiger partial charge >= 0.3 is 5.97 Å². The number of aromatic nitrogens is 1. The molecule has 0 aliphatic rings. The van der Waals surface area contributed by atoms with Gasteiger partial charge in [0.2, 0.25) is 0 Å². The van der Waals surface area contributed by atoms with Crippen LogP contribution in [0, 0.1) is 0 Å². The van der Waals surface area contributed by atoms with Crippen LogP contribution in [-0.4, -0.2) is 16.1 Å². The lowest BCUT2D eigenvalue weighted by atomic mass is 10.1. The predicted octanol–water partition coefficient (Wildman–Crippen LogP) is 6.78. The molecule has 0 atom stereocenters. The Morgan fingerprint density at radius 3 is 2.64 bits per heavy atom. The minimum atomic E-state index is -1.05. The molecule has 4 aromatic carbocycles. The monoisotopic (exact) mass is 453 g/mol. The Bertz CT molecular complexity index is 1450. The van der Waals surface area contributed by atoms with Crippen molar-refractivity contribution in [1.29, 1.82) is 0 Å². The Balaban J connectivity index is 1.35. The average Bonchev–Trinajstić information content (AvgIpc) is 3.25. The average molecular weight is 454 g/mol. The molecule has 0 bridgehead atoms. The lowest BCUT2D eigenvalue weighted by Gasteiger charge is -2.10. The van der Waals surface area contributed by atoms with Crippen molar-refractivity contribution in [3.8, 4) is 5.75 Å². The fourth-order valence-corrected chi connectivity index (χ4v) is 4.29. The molecule has 1 aromatic heterocycles. The number of ether oxygens (including phenoxy) is 1. The van der Waals surface area contributed by atoms with Crippen molar-refractivity contribution in [2.45, 2.75) is 11.8 Å². The number of nitrogens with zero attached hydrogens (tertiary/aromatic N) is 1. The lowest BCUT2D eigenvalue weighted by molar-refractivity contribution is -0.131. The second-order valence-corrected chi connectivity index (χ2v) is 8.36. The number of carboxylic acids is 1. The van der Waals surface area contributed by atoms with Gasteiger partial charge in [0, 0.05) is 0 Å². The number of hydrogen-bond donors (Lipinski definition) is 1. The van der Waals surface area contributed by atoms with Gasteiger partial charge in [-0.1, -0.05) is 66.7 Å². The first kappa shape index (κ1) is 20.8. The van der Waals surface area contributed by atoms with Crippen LogP contribution in [0.1, 0.15) is 11.1 Å². The summed E-state index contributed by atoms with van der Waals surface area (Å²) in [6, 6.07) is 29.0. The van der Waals surface area contributed by atoms with E-state index in [1.54, 1.807) is 12.1 Å². The van der Waals surface area contributed by atoms with Crippen molar-refractivity contribution >= 4 is 45.7 Å². The molecule has 0 unspecified atom stereocenters. The van der Waals surface area contributed by atoms with Crippen molar-refractivity contribution in [2.75, 3.05) is 0 Å². The molecule has 1 heterocycles. The van der Waals surface area contributed by atoms with Gasteiger partial charge in [-0.05, 0) is 64.0 Å². The summed E-state index contributed by atoms with van der Waals surface area (Å²) in [6.07, 6.45) is 1.59. The van der Waals surface area contributed by atoms with Crippen molar-refractivity contribution in [3.05, 3.63) is 107 Å². The van der Waals surface area contributed by atoms with Crippen LogP contribution < -0.4 is 4.74 Å². The van der Waals surface area contributed by atoms with Crippen LogP contribution in [0.4, 0.5) is 0 Å². The molecule has 162 valence electrons. The molecular weight excluding hydrogens is 434 g/mol. The molecule has 5 nitrogen and oxygen atoms in total. The summed E-state index contributed by atoms with van der Waals surface area (Å²) in [4.78, 5) is 16.3. The number of thioether (sulfide) groups is 1. The van der Waals surface area contributed by atoms with Crippen molar-refractivity contribution in [3.63, 3.8) is 0 Å². The van der Waals surface area contributed by atoms with Crippen LogP contribution >= 0.6 is 11.8 Å². The van der Waals surface area contributed by atoms with Gasteiger partial charge in [0.05, 0.1) is 0 Å². The molecule has 1 N–H and O–H groups in total. The quantitative estimate of drug-likeness (QED) is 0.216. The molecule has 0 amide bonds. The first-order valence-electron chi connectivity index (χ1n) is 10.3. The maximum Gasteiger partial charge on any atom is 0.342 e. The molecule has 5 rings (SSSR count). The zero-order valence-corrected chi connectivity index (χ0v) is 18.3. The zero-order chi connectivity index (χ0) is 22.6. The minimum Gasteiger partial charge on any atom is -0.489 e. The highest BCUT2D eigenvalue weighted by atomic mass is 32.2. The fraction of sp³-hybridized carbons (Fsp3) is 0.0370. The minimum absolute atomic E-state index is 0.104. The molecule has 0 aliphatic carbocycles. The maximum atomic E-state index is 11.9. The fourth-order valence-electron chi connectivity index (χ4n) is 3.55. The van der Waals surface area contributed by atoms with Gasteiger partial charge in [0.15, 0.2) is 5.58 Å². The predicted molar refractivity (Wildman–Crippen MR) is 130 cm³/mol. The largest absolute Gasteiger partial charge is 0.489 e. The third-order valence-corrected chi connectivity index (χ3v) is 5.97. The third kappa shape index (κ3) is 4.76. The molecule has 0 aliphatic heterocycles. The van der Waals surface area contributed by atoms with Crippen molar-refractivity contribution < 1.29 is 19.1 Å². The molecule has 0 spiro atoms. The van der Waals surface area contributed by atoms with E-state index < -0.39 is 5.97 Å². The molecule has 0 saturated carbocycles. The van der Waals surface area contributed by atoms with Crippen molar-refractivity contribution in [1.82, 2.24) is 4.98 Å². The number of carboxylic acid groups (broad SMARTS) is 1. The van der Waals surface area contributed by atoms with Crippen LogP contribution in [0.2, 0.25) is 0 Å². The smallest absolute Gasteiger partial charge is 0.342 e. The number of carbonyl (C=O) groups is 1.